The van der Waals surface area contributed by atoms with Gasteiger partial charge in [0.15, 0.2) is 0 Å². The van der Waals surface area contributed by atoms with Crippen LogP contribution in [0.4, 0.5) is 5.13 Å². The zero-order valence-electron chi connectivity index (χ0n) is 11.3. The van der Waals surface area contributed by atoms with E-state index >= 15 is 0 Å². The molecule has 0 aliphatic carbocycles. The van der Waals surface area contributed by atoms with E-state index in [0.717, 1.165) is 24.5 Å². The summed E-state index contributed by atoms with van der Waals surface area (Å²) >= 11 is 1.44. The van der Waals surface area contributed by atoms with Gasteiger partial charge in [-0.3, -0.25) is 4.79 Å². The van der Waals surface area contributed by atoms with Crippen LogP contribution in [0, 0.1) is 5.92 Å². The predicted octanol–water partition coefficient (Wildman–Crippen LogP) is 1.05. The van der Waals surface area contributed by atoms with Crippen LogP contribution in [0.1, 0.15) is 25.3 Å². The Morgan fingerprint density at radius 1 is 1.58 bits per heavy atom. The van der Waals surface area contributed by atoms with Crippen LogP contribution in [0.3, 0.4) is 0 Å². The van der Waals surface area contributed by atoms with Crippen LogP contribution in [0.2, 0.25) is 0 Å². The quantitative estimate of drug-likeness (QED) is 0.845. The van der Waals surface area contributed by atoms with Crippen molar-refractivity contribution in [2.75, 3.05) is 25.0 Å². The van der Waals surface area contributed by atoms with E-state index in [1.54, 1.807) is 0 Å². The summed E-state index contributed by atoms with van der Waals surface area (Å²) in [5.74, 6) is 0.471. The van der Waals surface area contributed by atoms with Crippen molar-refractivity contribution in [2.24, 2.45) is 5.92 Å². The first-order chi connectivity index (χ1) is 9.13. The molecule has 1 aromatic heterocycles. The number of anilines is 1. The van der Waals surface area contributed by atoms with E-state index in [0.29, 0.717) is 24.1 Å². The Balaban J connectivity index is 1.79. The lowest BCUT2D eigenvalue weighted by Crippen LogP contribution is -2.40. The Labute approximate surface area is 116 Å². The third-order valence-electron chi connectivity index (χ3n) is 2.71. The molecular weight excluding hydrogens is 264 g/mol. The molecule has 2 rings (SSSR count). The van der Waals surface area contributed by atoms with Gasteiger partial charge in [0.2, 0.25) is 11.0 Å². The van der Waals surface area contributed by atoms with Gasteiger partial charge in [-0.1, -0.05) is 25.2 Å². The predicted molar refractivity (Wildman–Crippen MR) is 74.3 cm³/mol. The monoisotopic (exact) mass is 284 g/mol. The van der Waals surface area contributed by atoms with Gasteiger partial charge in [0.05, 0.1) is 19.1 Å². The van der Waals surface area contributed by atoms with Gasteiger partial charge in [0.1, 0.15) is 5.01 Å². The van der Waals surface area contributed by atoms with Crippen molar-refractivity contribution in [3.8, 4) is 0 Å². The third-order valence-corrected chi connectivity index (χ3v) is 3.57. The average Bonchev–Trinajstić information content (AvgIpc) is 2.76. The van der Waals surface area contributed by atoms with Crippen molar-refractivity contribution >= 4 is 22.4 Å². The van der Waals surface area contributed by atoms with E-state index in [4.69, 9.17) is 4.74 Å². The Morgan fingerprint density at radius 3 is 3.11 bits per heavy atom. The molecular formula is C12H20N4O2S. The van der Waals surface area contributed by atoms with Crippen LogP contribution in [0.25, 0.3) is 0 Å². The number of amides is 1. The molecule has 7 heteroatoms. The van der Waals surface area contributed by atoms with E-state index in [1.807, 2.05) is 0 Å². The van der Waals surface area contributed by atoms with Crippen molar-refractivity contribution in [1.29, 1.82) is 0 Å². The first-order valence-corrected chi connectivity index (χ1v) is 7.39. The molecule has 1 amide bonds. The Bertz CT molecular complexity index is 416. The van der Waals surface area contributed by atoms with Crippen LogP contribution < -0.4 is 10.6 Å². The van der Waals surface area contributed by atoms with Crippen LogP contribution in [0.15, 0.2) is 0 Å². The van der Waals surface area contributed by atoms with Crippen molar-refractivity contribution in [2.45, 2.75) is 32.8 Å². The summed E-state index contributed by atoms with van der Waals surface area (Å²) in [5.41, 5.74) is 0. The first kappa shape index (κ1) is 14.4. The lowest BCUT2D eigenvalue weighted by molar-refractivity contribution is -0.119. The minimum absolute atomic E-state index is 0.0446. The summed E-state index contributed by atoms with van der Waals surface area (Å²) in [6, 6.07) is 0. The molecule has 0 aromatic carbocycles. The Morgan fingerprint density at radius 2 is 2.42 bits per heavy atom. The summed E-state index contributed by atoms with van der Waals surface area (Å²) in [4.78, 5) is 11.8. The number of nitrogens with zero attached hydrogens (tertiary/aromatic N) is 2. The van der Waals surface area contributed by atoms with Gasteiger partial charge >= 0.3 is 0 Å². The molecule has 1 aliphatic heterocycles. The van der Waals surface area contributed by atoms with Gasteiger partial charge in [-0.05, 0) is 5.92 Å². The number of carbonyl (C=O) groups excluding carboxylic acids is 1. The SMILES string of the molecule is CC(C)Cc1nnc(NC(=O)CC2CNCCO2)s1. The molecule has 1 unspecified atom stereocenters. The molecule has 0 bridgehead atoms. The molecule has 1 saturated heterocycles. The van der Waals surface area contributed by atoms with Gasteiger partial charge in [-0.15, -0.1) is 10.2 Å². The molecule has 1 aliphatic rings. The van der Waals surface area contributed by atoms with Crippen molar-refractivity contribution in [1.82, 2.24) is 15.5 Å². The lowest BCUT2D eigenvalue weighted by Gasteiger charge is -2.22. The number of rotatable bonds is 5. The van der Waals surface area contributed by atoms with E-state index in [9.17, 15) is 4.79 Å². The number of aromatic nitrogens is 2. The van der Waals surface area contributed by atoms with Gasteiger partial charge in [0.25, 0.3) is 0 Å². The molecule has 0 radical (unpaired) electrons. The molecule has 106 valence electrons. The zero-order valence-corrected chi connectivity index (χ0v) is 12.1. The number of nitrogens with one attached hydrogen (secondary N) is 2. The largest absolute Gasteiger partial charge is 0.375 e. The van der Waals surface area contributed by atoms with Gasteiger partial charge in [-0.2, -0.15) is 0 Å². The van der Waals surface area contributed by atoms with E-state index < -0.39 is 0 Å². The van der Waals surface area contributed by atoms with Crippen molar-refractivity contribution < 1.29 is 9.53 Å². The summed E-state index contributed by atoms with van der Waals surface area (Å²) in [6.45, 7) is 6.50. The molecule has 0 spiro atoms. The molecule has 19 heavy (non-hydrogen) atoms. The minimum Gasteiger partial charge on any atom is -0.375 e. The van der Waals surface area contributed by atoms with Gasteiger partial charge in [-0.25, -0.2) is 0 Å². The highest BCUT2D eigenvalue weighted by Crippen LogP contribution is 2.18. The summed E-state index contributed by atoms with van der Waals surface area (Å²) in [6.07, 6.45) is 1.20. The number of morpholine rings is 1. The smallest absolute Gasteiger partial charge is 0.228 e. The maximum Gasteiger partial charge on any atom is 0.228 e. The molecule has 0 saturated carbocycles. The highest BCUT2D eigenvalue weighted by atomic mass is 32.1. The second-order valence-electron chi connectivity index (χ2n) is 5.05. The molecule has 6 nitrogen and oxygen atoms in total. The van der Waals surface area contributed by atoms with E-state index in [2.05, 4.69) is 34.7 Å². The van der Waals surface area contributed by atoms with Crippen molar-refractivity contribution in [3.05, 3.63) is 5.01 Å². The maximum atomic E-state index is 11.8. The minimum atomic E-state index is -0.0686. The molecule has 2 heterocycles. The fourth-order valence-corrected chi connectivity index (χ4v) is 2.83. The van der Waals surface area contributed by atoms with Crippen LogP contribution in [0.5, 0.6) is 0 Å². The Kier molecular flexibility index (Phi) is 5.24. The molecule has 1 atom stereocenters. The third kappa shape index (κ3) is 4.85. The normalized spacial score (nSPS) is 19.6. The summed E-state index contributed by atoms with van der Waals surface area (Å²) < 4.78 is 5.49. The number of ether oxygens (including phenoxy) is 1. The summed E-state index contributed by atoms with van der Waals surface area (Å²) in [7, 11) is 0. The van der Waals surface area contributed by atoms with Crippen LogP contribution in [-0.4, -0.2) is 41.9 Å². The topological polar surface area (TPSA) is 76.1 Å². The zero-order chi connectivity index (χ0) is 13.7. The van der Waals surface area contributed by atoms with Crippen LogP contribution >= 0.6 is 11.3 Å². The molecule has 1 fully saturated rings. The maximum absolute atomic E-state index is 11.8. The average molecular weight is 284 g/mol. The van der Waals surface area contributed by atoms with Crippen LogP contribution in [-0.2, 0) is 16.0 Å². The van der Waals surface area contributed by atoms with Gasteiger partial charge < -0.3 is 15.4 Å². The standard InChI is InChI=1S/C12H20N4O2S/c1-8(2)5-11-15-16-12(19-11)14-10(17)6-9-7-13-3-4-18-9/h8-9,13H,3-7H2,1-2H3,(H,14,16,17). The van der Waals surface area contributed by atoms with E-state index in [1.165, 1.54) is 11.3 Å². The fraction of sp³-hybridized carbons (Fsp3) is 0.750. The first-order valence-electron chi connectivity index (χ1n) is 6.58. The second-order valence-corrected chi connectivity index (χ2v) is 6.11. The highest BCUT2D eigenvalue weighted by molar-refractivity contribution is 7.15. The molecule has 1 aromatic rings. The van der Waals surface area contributed by atoms with E-state index in [-0.39, 0.29) is 12.0 Å². The Hall–Kier alpha value is -1.05. The highest BCUT2D eigenvalue weighted by Gasteiger charge is 2.18. The van der Waals surface area contributed by atoms with Gasteiger partial charge in [0, 0.05) is 19.5 Å². The number of hydrogen-bond donors (Lipinski definition) is 2. The number of hydrogen-bond acceptors (Lipinski definition) is 6. The molecule has 2 N–H and O–H groups in total. The fourth-order valence-electron chi connectivity index (χ4n) is 1.86. The van der Waals surface area contributed by atoms with Crippen molar-refractivity contribution in [3.63, 3.8) is 0 Å². The second kappa shape index (κ2) is 6.93. The number of carbonyl (C=O) groups is 1. The summed E-state index contributed by atoms with van der Waals surface area (Å²) in [5, 5.41) is 15.6. The lowest BCUT2D eigenvalue weighted by atomic mass is 10.1.